The Morgan fingerprint density at radius 3 is 2.59 bits per heavy atom. The maximum atomic E-state index is 11.2. The summed E-state index contributed by atoms with van der Waals surface area (Å²) in [5, 5.41) is 9.63. The van der Waals surface area contributed by atoms with Gasteiger partial charge in [-0.05, 0) is 12.1 Å². The number of ether oxygens (including phenoxy) is 2. The van der Waals surface area contributed by atoms with Crippen LogP contribution in [0.25, 0.3) is 5.76 Å². The van der Waals surface area contributed by atoms with Gasteiger partial charge in [-0.25, -0.2) is 4.79 Å². The van der Waals surface area contributed by atoms with E-state index >= 15 is 0 Å². The Kier molecular flexibility index (Phi) is 4.28. The minimum atomic E-state index is -1.03. The van der Waals surface area contributed by atoms with Crippen molar-refractivity contribution in [2.75, 3.05) is 14.2 Å². The summed E-state index contributed by atoms with van der Waals surface area (Å²) < 4.78 is 9.19. The van der Waals surface area contributed by atoms with Crippen molar-refractivity contribution in [3.63, 3.8) is 0 Å². The topological polar surface area (TPSA) is 72.8 Å². The first kappa shape index (κ1) is 12.8. The Bertz CT molecular complexity index is 462. The molecule has 1 aromatic carbocycles. The van der Waals surface area contributed by atoms with Crippen molar-refractivity contribution in [2.45, 2.75) is 0 Å². The molecule has 0 spiro atoms. The van der Waals surface area contributed by atoms with Gasteiger partial charge in [-0.3, -0.25) is 4.79 Å². The van der Waals surface area contributed by atoms with Crippen LogP contribution in [0.2, 0.25) is 0 Å². The first-order chi connectivity index (χ1) is 8.08. The zero-order chi connectivity index (χ0) is 12.8. The van der Waals surface area contributed by atoms with E-state index in [1.165, 1.54) is 13.2 Å². The summed E-state index contributed by atoms with van der Waals surface area (Å²) in [4.78, 5) is 22.0. The van der Waals surface area contributed by atoms with Gasteiger partial charge in [0.1, 0.15) is 11.5 Å². The zero-order valence-electron chi connectivity index (χ0n) is 9.47. The standard InChI is InChI=1S/C12H12O5/c1-16-9-5-3-4-8(6-9)10(13)7-11(14)12(15)17-2/h3-7,13H,1-2H3/b10-7-. The van der Waals surface area contributed by atoms with Crippen LogP contribution in [0.4, 0.5) is 0 Å². The lowest BCUT2D eigenvalue weighted by Gasteiger charge is -2.03. The van der Waals surface area contributed by atoms with E-state index in [4.69, 9.17) is 4.74 Å². The van der Waals surface area contributed by atoms with Crippen molar-refractivity contribution in [1.82, 2.24) is 0 Å². The van der Waals surface area contributed by atoms with Crippen LogP contribution in [0.15, 0.2) is 30.3 Å². The minimum absolute atomic E-state index is 0.320. The lowest BCUT2D eigenvalue weighted by atomic mass is 10.1. The highest BCUT2D eigenvalue weighted by Gasteiger charge is 2.12. The van der Waals surface area contributed by atoms with Crippen molar-refractivity contribution >= 4 is 17.5 Å². The molecule has 1 N–H and O–H groups in total. The fourth-order valence-electron chi connectivity index (χ4n) is 1.15. The molecule has 0 heterocycles. The Morgan fingerprint density at radius 2 is 2.00 bits per heavy atom. The summed E-state index contributed by atoms with van der Waals surface area (Å²) in [6.07, 6.45) is 0.806. The maximum Gasteiger partial charge on any atom is 0.378 e. The molecular weight excluding hydrogens is 224 g/mol. The number of hydrogen-bond acceptors (Lipinski definition) is 5. The highest BCUT2D eigenvalue weighted by molar-refractivity contribution is 6.39. The van der Waals surface area contributed by atoms with Gasteiger partial charge in [-0.1, -0.05) is 12.1 Å². The second kappa shape index (κ2) is 5.69. The molecule has 1 aromatic rings. The molecule has 0 radical (unpaired) electrons. The number of carbonyl (C=O) groups is 2. The molecule has 5 heteroatoms. The van der Waals surface area contributed by atoms with Gasteiger partial charge in [0, 0.05) is 11.6 Å². The number of hydrogen-bond donors (Lipinski definition) is 1. The van der Waals surface area contributed by atoms with Gasteiger partial charge in [0.05, 0.1) is 14.2 Å². The molecule has 1 rings (SSSR count). The number of ketones is 1. The number of rotatable bonds is 4. The average molecular weight is 236 g/mol. The molecule has 5 nitrogen and oxygen atoms in total. The number of aliphatic hydroxyl groups excluding tert-OH is 1. The van der Waals surface area contributed by atoms with E-state index in [1.54, 1.807) is 18.2 Å². The first-order valence-electron chi connectivity index (χ1n) is 4.76. The highest BCUT2D eigenvalue weighted by atomic mass is 16.5. The van der Waals surface area contributed by atoms with E-state index in [1.807, 2.05) is 0 Å². The Morgan fingerprint density at radius 1 is 1.29 bits per heavy atom. The van der Waals surface area contributed by atoms with E-state index in [0.717, 1.165) is 13.2 Å². The number of carbonyl (C=O) groups excluding carboxylic acids is 2. The Balaban J connectivity index is 2.95. The molecule has 0 aliphatic carbocycles. The number of benzene rings is 1. The van der Waals surface area contributed by atoms with Crippen molar-refractivity contribution < 1.29 is 24.2 Å². The molecule has 0 aliphatic heterocycles. The summed E-state index contributed by atoms with van der Waals surface area (Å²) >= 11 is 0. The first-order valence-corrected chi connectivity index (χ1v) is 4.76. The van der Waals surface area contributed by atoms with Crippen LogP contribution >= 0.6 is 0 Å². The lowest BCUT2D eigenvalue weighted by molar-refractivity contribution is -0.149. The quantitative estimate of drug-likeness (QED) is 0.369. The molecule has 0 aromatic heterocycles. The third kappa shape index (κ3) is 3.34. The van der Waals surface area contributed by atoms with Gasteiger partial charge in [0.2, 0.25) is 0 Å². The molecule has 0 atom stereocenters. The molecule has 0 bridgehead atoms. The van der Waals surface area contributed by atoms with Gasteiger partial charge in [-0.15, -0.1) is 0 Å². The van der Waals surface area contributed by atoms with E-state index in [0.29, 0.717) is 11.3 Å². The van der Waals surface area contributed by atoms with Gasteiger partial charge in [-0.2, -0.15) is 0 Å². The van der Waals surface area contributed by atoms with Crippen LogP contribution in [0, 0.1) is 0 Å². The van der Waals surface area contributed by atoms with E-state index in [9.17, 15) is 14.7 Å². The van der Waals surface area contributed by atoms with E-state index in [2.05, 4.69) is 4.74 Å². The predicted octanol–water partition coefficient (Wildman–Crippen LogP) is 1.34. The molecule has 0 saturated carbocycles. The van der Waals surface area contributed by atoms with Crippen molar-refractivity contribution in [3.8, 4) is 5.75 Å². The third-order valence-electron chi connectivity index (χ3n) is 2.02. The van der Waals surface area contributed by atoms with Gasteiger partial charge >= 0.3 is 5.97 Å². The molecule has 0 fully saturated rings. The number of esters is 1. The Hall–Kier alpha value is -2.30. The number of methoxy groups -OCH3 is 2. The van der Waals surface area contributed by atoms with Crippen molar-refractivity contribution in [3.05, 3.63) is 35.9 Å². The summed E-state index contributed by atoms with van der Waals surface area (Å²) in [7, 11) is 2.58. The van der Waals surface area contributed by atoms with Crippen LogP contribution < -0.4 is 4.74 Å². The van der Waals surface area contributed by atoms with Crippen LogP contribution in [0.3, 0.4) is 0 Å². The molecule has 17 heavy (non-hydrogen) atoms. The van der Waals surface area contributed by atoms with E-state index in [-0.39, 0.29) is 5.76 Å². The average Bonchev–Trinajstić information content (AvgIpc) is 2.37. The van der Waals surface area contributed by atoms with Crippen molar-refractivity contribution in [1.29, 1.82) is 0 Å². The maximum absolute atomic E-state index is 11.2. The number of aliphatic hydroxyl groups is 1. The zero-order valence-corrected chi connectivity index (χ0v) is 9.47. The fourth-order valence-corrected chi connectivity index (χ4v) is 1.15. The summed E-state index contributed by atoms with van der Waals surface area (Å²) in [6, 6.07) is 6.47. The Labute approximate surface area is 98.3 Å². The smallest absolute Gasteiger partial charge is 0.378 e. The van der Waals surface area contributed by atoms with Crippen LogP contribution in [0.5, 0.6) is 5.75 Å². The molecule has 0 aliphatic rings. The highest BCUT2D eigenvalue weighted by Crippen LogP contribution is 2.18. The molecular formula is C12H12O5. The lowest BCUT2D eigenvalue weighted by Crippen LogP contribution is -2.13. The third-order valence-corrected chi connectivity index (χ3v) is 2.02. The summed E-state index contributed by atoms with van der Waals surface area (Å²) in [5.41, 5.74) is 0.376. The van der Waals surface area contributed by atoms with Crippen LogP contribution in [0.1, 0.15) is 5.56 Å². The molecule has 0 amide bonds. The minimum Gasteiger partial charge on any atom is -0.507 e. The van der Waals surface area contributed by atoms with Gasteiger partial charge in [0.25, 0.3) is 5.78 Å². The molecule has 0 unspecified atom stereocenters. The monoisotopic (exact) mass is 236 g/mol. The molecule has 90 valence electrons. The van der Waals surface area contributed by atoms with Gasteiger partial charge < -0.3 is 14.6 Å². The summed E-state index contributed by atoms with van der Waals surface area (Å²) in [6.45, 7) is 0. The second-order valence-corrected chi connectivity index (χ2v) is 3.12. The predicted molar refractivity (Wildman–Crippen MR) is 60.6 cm³/mol. The molecule has 0 saturated heterocycles. The SMILES string of the molecule is COC(=O)C(=O)/C=C(\O)c1cccc(OC)c1. The largest absolute Gasteiger partial charge is 0.507 e. The van der Waals surface area contributed by atoms with Crippen LogP contribution in [-0.4, -0.2) is 31.1 Å². The van der Waals surface area contributed by atoms with Gasteiger partial charge in [0.15, 0.2) is 0 Å². The second-order valence-electron chi connectivity index (χ2n) is 3.12. The summed E-state index contributed by atoms with van der Waals surface area (Å²) in [5.74, 6) is -1.74. The van der Waals surface area contributed by atoms with E-state index < -0.39 is 11.8 Å². The van der Waals surface area contributed by atoms with Crippen LogP contribution in [-0.2, 0) is 14.3 Å². The van der Waals surface area contributed by atoms with Crippen molar-refractivity contribution in [2.24, 2.45) is 0 Å². The fraction of sp³-hybridized carbons (Fsp3) is 0.167. The normalized spacial score (nSPS) is 10.8.